The van der Waals surface area contributed by atoms with Gasteiger partial charge in [-0.15, -0.1) is 0 Å². The quantitative estimate of drug-likeness (QED) is 0.275. The van der Waals surface area contributed by atoms with Crippen LogP contribution >= 0.6 is 0 Å². The molecule has 1 rings (SSSR count). The summed E-state index contributed by atoms with van der Waals surface area (Å²) in [4.78, 5) is 60.2. The molecule has 0 aromatic carbocycles. The molecule has 40 heavy (non-hydrogen) atoms. The van der Waals surface area contributed by atoms with Gasteiger partial charge in [-0.3, -0.25) is 24.0 Å². The molecule has 0 aromatic heterocycles. The van der Waals surface area contributed by atoms with Gasteiger partial charge in [0.15, 0.2) is 0 Å². The second-order valence-corrected chi connectivity index (χ2v) is 12.2. The van der Waals surface area contributed by atoms with Gasteiger partial charge < -0.3 is 15.5 Å². The molecule has 0 aromatic rings. The lowest BCUT2D eigenvalue weighted by atomic mass is 9.90. The zero-order valence-corrected chi connectivity index (χ0v) is 26.4. The van der Waals surface area contributed by atoms with Gasteiger partial charge in [-0.1, -0.05) is 85.0 Å². The summed E-state index contributed by atoms with van der Waals surface area (Å²) in [6.07, 6.45) is 13.6. The fourth-order valence-corrected chi connectivity index (χ4v) is 5.50. The monoisotopic (exact) mass is 566 g/mol. The first-order valence-corrected chi connectivity index (χ1v) is 15.6. The van der Waals surface area contributed by atoms with Crippen LogP contribution in [0.25, 0.3) is 0 Å². The van der Waals surface area contributed by atoms with Crippen molar-refractivity contribution in [1.29, 1.82) is 0 Å². The third-order valence-corrected chi connectivity index (χ3v) is 7.98. The van der Waals surface area contributed by atoms with E-state index < -0.39 is 29.8 Å². The highest BCUT2D eigenvalue weighted by Gasteiger charge is 2.34. The van der Waals surface area contributed by atoms with Crippen LogP contribution in [0.1, 0.15) is 117 Å². The fourth-order valence-electron chi connectivity index (χ4n) is 5.50. The van der Waals surface area contributed by atoms with E-state index in [4.69, 9.17) is 4.84 Å². The first-order valence-electron chi connectivity index (χ1n) is 15.6. The Balaban J connectivity index is 3.24. The summed E-state index contributed by atoms with van der Waals surface area (Å²) in [6.45, 7) is 6.22. The molecule has 4 amide bonds. The molecular formula is C31H58N4O5. The summed E-state index contributed by atoms with van der Waals surface area (Å²) in [5.74, 6) is -1.30. The van der Waals surface area contributed by atoms with Crippen molar-refractivity contribution in [3.63, 3.8) is 0 Å². The van der Waals surface area contributed by atoms with Crippen LogP contribution in [0.5, 0.6) is 0 Å². The van der Waals surface area contributed by atoms with E-state index in [1.54, 1.807) is 19.0 Å². The molecule has 232 valence electrons. The lowest BCUT2D eigenvalue weighted by molar-refractivity contribution is -0.172. The molecule has 1 aliphatic heterocycles. The van der Waals surface area contributed by atoms with E-state index >= 15 is 0 Å². The van der Waals surface area contributed by atoms with Gasteiger partial charge in [-0.2, -0.15) is 0 Å². The van der Waals surface area contributed by atoms with E-state index in [1.165, 1.54) is 33.4 Å². The molecule has 9 nitrogen and oxygen atoms in total. The maximum absolute atomic E-state index is 13.6. The molecule has 0 spiro atoms. The maximum Gasteiger partial charge on any atom is 0.268 e. The third-order valence-electron chi connectivity index (χ3n) is 7.98. The molecule has 2 N–H and O–H groups in total. The Morgan fingerprint density at radius 1 is 0.875 bits per heavy atom. The Bertz CT molecular complexity index is 773. The van der Waals surface area contributed by atoms with Crippen molar-refractivity contribution in [2.75, 3.05) is 28.3 Å². The van der Waals surface area contributed by atoms with Gasteiger partial charge >= 0.3 is 0 Å². The number of likely N-dealkylation sites (N-methyl/N-ethyl adjacent to an activating group) is 1. The average Bonchev–Trinajstić information content (AvgIpc) is 2.91. The summed E-state index contributed by atoms with van der Waals surface area (Å²) >= 11 is 0. The van der Waals surface area contributed by atoms with Gasteiger partial charge in [0.25, 0.3) is 5.91 Å². The van der Waals surface area contributed by atoms with Crippen molar-refractivity contribution in [3.8, 4) is 0 Å². The van der Waals surface area contributed by atoms with Crippen LogP contribution in [0.3, 0.4) is 0 Å². The van der Waals surface area contributed by atoms with Gasteiger partial charge in [-0.25, -0.2) is 5.06 Å². The van der Waals surface area contributed by atoms with Gasteiger partial charge in [-0.05, 0) is 38.0 Å². The van der Waals surface area contributed by atoms with E-state index in [2.05, 4.69) is 17.6 Å². The van der Waals surface area contributed by atoms with Gasteiger partial charge in [0.2, 0.25) is 17.7 Å². The largest absolute Gasteiger partial charge is 0.349 e. The normalized spacial score (nSPS) is 23.8. The van der Waals surface area contributed by atoms with Crippen LogP contribution < -0.4 is 10.6 Å². The van der Waals surface area contributed by atoms with Crippen molar-refractivity contribution in [1.82, 2.24) is 20.6 Å². The number of hydrogen-bond acceptors (Lipinski definition) is 5. The zero-order valence-electron chi connectivity index (χ0n) is 26.4. The number of carbonyl (C=O) groups excluding carboxylic acids is 4. The minimum Gasteiger partial charge on any atom is -0.349 e. The minimum absolute atomic E-state index is 0.0537. The molecule has 2 unspecified atom stereocenters. The number of nitrogens with one attached hydrogen (secondary N) is 2. The summed E-state index contributed by atoms with van der Waals surface area (Å²) < 4.78 is 0. The first kappa shape index (κ1) is 35.9. The van der Waals surface area contributed by atoms with Crippen LogP contribution in [-0.4, -0.2) is 73.9 Å². The molecule has 9 heteroatoms. The SMILES string of the molecule is CCCCCCCC1CCCCCCCC(C(=O)N(C)C)C[C@@H](C(=O)N(C)OC)NC(=O)[C@H](CC(C)C)NC1=O. The Labute approximate surface area is 243 Å². The van der Waals surface area contributed by atoms with Crippen molar-refractivity contribution in [3.05, 3.63) is 0 Å². The minimum atomic E-state index is -0.944. The molecule has 1 fully saturated rings. The zero-order chi connectivity index (χ0) is 30.1. The third kappa shape index (κ3) is 13.5. The summed E-state index contributed by atoms with van der Waals surface area (Å²) in [5, 5.41) is 7.04. The second-order valence-electron chi connectivity index (χ2n) is 12.2. The van der Waals surface area contributed by atoms with Crippen LogP contribution in [-0.2, 0) is 24.0 Å². The van der Waals surface area contributed by atoms with Crippen LogP contribution in [0, 0.1) is 17.8 Å². The standard InChI is InChI=1S/C31H58N4O5/c1-8-9-10-12-15-18-24-19-16-13-11-14-17-20-25(30(38)34(4)5)22-27(31(39)35(6)40-7)33-29(37)26(21-23(2)3)32-28(24)36/h23-27H,8-22H2,1-7H3,(H,32,36)(H,33,37)/t24?,25?,26-,27-/m0/s1. The second kappa shape index (κ2) is 19.8. The number of carbonyl (C=O) groups is 4. The highest BCUT2D eigenvalue weighted by Crippen LogP contribution is 2.23. The van der Waals surface area contributed by atoms with Crippen LogP contribution in [0.4, 0.5) is 0 Å². The number of amides is 4. The van der Waals surface area contributed by atoms with Gasteiger partial charge in [0.1, 0.15) is 12.1 Å². The lowest BCUT2D eigenvalue weighted by Crippen LogP contribution is -2.55. The molecule has 1 aliphatic rings. The molecule has 0 saturated carbocycles. The van der Waals surface area contributed by atoms with E-state index in [9.17, 15) is 19.2 Å². The van der Waals surface area contributed by atoms with Gasteiger partial charge in [0, 0.05) is 33.0 Å². The Morgan fingerprint density at radius 2 is 1.50 bits per heavy atom. The highest BCUT2D eigenvalue weighted by atomic mass is 16.7. The number of rotatable bonds is 11. The predicted molar refractivity (Wildman–Crippen MR) is 159 cm³/mol. The van der Waals surface area contributed by atoms with Crippen LogP contribution in [0.2, 0.25) is 0 Å². The molecule has 0 bridgehead atoms. The summed E-state index contributed by atoms with van der Waals surface area (Å²) in [7, 11) is 6.32. The molecule has 1 saturated heterocycles. The highest BCUT2D eigenvalue weighted by molar-refractivity contribution is 5.92. The van der Waals surface area contributed by atoms with Crippen LogP contribution in [0.15, 0.2) is 0 Å². The maximum atomic E-state index is 13.6. The van der Waals surface area contributed by atoms with Crippen molar-refractivity contribution < 1.29 is 24.0 Å². The smallest absolute Gasteiger partial charge is 0.268 e. The molecular weight excluding hydrogens is 508 g/mol. The number of hydrogen-bond donors (Lipinski definition) is 2. The molecule has 0 radical (unpaired) electrons. The number of hydroxylamine groups is 2. The molecule has 1 heterocycles. The first-order chi connectivity index (χ1) is 19.0. The Morgan fingerprint density at radius 3 is 2.10 bits per heavy atom. The predicted octanol–water partition coefficient (Wildman–Crippen LogP) is 4.84. The van der Waals surface area contributed by atoms with Crippen molar-refractivity contribution in [2.45, 2.75) is 129 Å². The van der Waals surface area contributed by atoms with Crippen molar-refractivity contribution in [2.24, 2.45) is 17.8 Å². The number of nitrogens with zero attached hydrogens (tertiary/aromatic N) is 2. The number of unbranched alkanes of at least 4 members (excludes halogenated alkanes) is 4. The van der Waals surface area contributed by atoms with E-state index in [0.717, 1.165) is 62.9 Å². The Kier molecular flexibility index (Phi) is 17.8. The fraction of sp³-hybridized carbons (Fsp3) is 0.871. The van der Waals surface area contributed by atoms with Crippen molar-refractivity contribution >= 4 is 23.6 Å². The lowest BCUT2D eigenvalue weighted by Gasteiger charge is -2.30. The topological polar surface area (TPSA) is 108 Å². The van der Waals surface area contributed by atoms with E-state index in [0.29, 0.717) is 12.8 Å². The summed E-state index contributed by atoms with van der Waals surface area (Å²) in [5.41, 5.74) is 0. The molecule has 0 aliphatic carbocycles. The summed E-state index contributed by atoms with van der Waals surface area (Å²) in [6, 6.07) is -1.70. The van der Waals surface area contributed by atoms with E-state index in [-0.39, 0.29) is 30.1 Å². The van der Waals surface area contributed by atoms with Gasteiger partial charge in [0.05, 0.1) is 7.11 Å². The Hall–Kier alpha value is -2.16. The molecule has 4 atom stereocenters. The average molecular weight is 567 g/mol. The van der Waals surface area contributed by atoms with E-state index in [1.807, 2.05) is 13.8 Å².